The van der Waals surface area contributed by atoms with Crippen LogP contribution in [0.25, 0.3) is 6.08 Å². The summed E-state index contributed by atoms with van der Waals surface area (Å²) in [5, 5.41) is 13.7. The van der Waals surface area contributed by atoms with Gasteiger partial charge in [0, 0.05) is 5.92 Å². The van der Waals surface area contributed by atoms with Crippen molar-refractivity contribution in [1.82, 2.24) is 20.2 Å². The first-order chi connectivity index (χ1) is 15.7. The number of nitrogens with zero attached hydrogens (tertiary/aromatic N) is 4. The molecule has 1 amide bonds. The lowest BCUT2D eigenvalue weighted by molar-refractivity contribution is -0.130. The number of fused-ring (bicyclic) bond motifs is 1. The van der Waals surface area contributed by atoms with Gasteiger partial charge in [-0.15, -0.1) is 5.10 Å². The second kappa shape index (κ2) is 9.00. The molecule has 2 atom stereocenters. The van der Waals surface area contributed by atoms with E-state index in [-0.39, 0.29) is 29.6 Å². The normalized spacial score (nSPS) is 21.4. The van der Waals surface area contributed by atoms with Crippen molar-refractivity contribution in [1.29, 1.82) is 0 Å². The van der Waals surface area contributed by atoms with Crippen molar-refractivity contribution in [2.24, 2.45) is 11.0 Å². The fourth-order valence-electron chi connectivity index (χ4n) is 4.46. The van der Waals surface area contributed by atoms with Gasteiger partial charge in [-0.05, 0) is 42.0 Å². The first-order valence-corrected chi connectivity index (χ1v) is 11.7. The first kappa shape index (κ1) is 20.5. The summed E-state index contributed by atoms with van der Waals surface area (Å²) in [6, 6.07) is 20.4. The Morgan fingerprint density at radius 1 is 1.16 bits per heavy atom. The van der Waals surface area contributed by atoms with Gasteiger partial charge in [-0.2, -0.15) is 10.1 Å². The van der Waals surface area contributed by atoms with Gasteiger partial charge in [-0.3, -0.25) is 4.79 Å². The summed E-state index contributed by atoms with van der Waals surface area (Å²) in [7, 11) is 0. The zero-order valence-electron chi connectivity index (χ0n) is 17.5. The molecule has 0 radical (unpaired) electrons. The van der Waals surface area contributed by atoms with E-state index in [1.165, 1.54) is 17.3 Å². The number of anilines is 1. The van der Waals surface area contributed by atoms with Crippen molar-refractivity contribution < 1.29 is 4.79 Å². The number of thioether (sulfide) groups is 1. The first-order valence-electron chi connectivity index (χ1n) is 10.7. The van der Waals surface area contributed by atoms with Crippen molar-refractivity contribution in [2.75, 3.05) is 11.5 Å². The molecular weight excluding hydrogens is 420 g/mol. The van der Waals surface area contributed by atoms with E-state index in [4.69, 9.17) is 10.8 Å². The maximum absolute atomic E-state index is 13.3. The summed E-state index contributed by atoms with van der Waals surface area (Å²) >= 11 is 1.26. The van der Waals surface area contributed by atoms with Gasteiger partial charge < -0.3 is 5.73 Å². The molecule has 3 N–H and O–H groups in total. The Hall–Kier alpha value is -3.39. The topological polar surface area (TPSA) is 100 Å². The molecule has 1 fully saturated rings. The second-order valence-corrected chi connectivity index (χ2v) is 8.89. The van der Waals surface area contributed by atoms with E-state index in [2.05, 4.69) is 45.5 Å². The molecule has 2 unspecified atom stereocenters. The molecule has 1 aromatic heterocycles. The average molecular weight is 445 g/mol. The number of nitrogens with one attached hydrogen (secondary N) is 1. The van der Waals surface area contributed by atoms with E-state index < -0.39 is 0 Å². The van der Waals surface area contributed by atoms with Crippen LogP contribution in [0.2, 0.25) is 0 Å². The quantitative estimate of drug-likeness (QED) is 0.572. The molecule has 0 spiro atoms. The smallest absolute Gasteiger partial charge is 0.253 e. The van der Waals surface area contributed by atoms with Crippen LogP contribution in [0.15, 0.2) is 76.5 Å². The lowest BCUT2D eigenvalue weighted by atomic mass is 9.77. The SMILES string of the molecule is Nc1nc(SCC(=O)N2N=C3C(=Cc4ccccc4)CCCC3C2c2ccccc2)n[nH]1. The maximum Gasteiger partial charge on any atom is 0.253 e. The van der Waals surface area contributed by atoms with Gasteiger partial charge in [0.05, 0.1) is 17.5 Å². The van der Waals surface area contributed by atoms with Gasteiger partial charge in [0.15, 0.2) is 0 Å². The molecule has 0 bridgehead atoms. The monoisotopic (exact) mass is 444 g/mol. The highest BCUT2D eigenvalue weighted by Crippen LogP contribution is 2.44. The fraction of sp³-hybridized carbons (Fsp3) is 0.250. The van der Waals surface area contributed by atoms with E-state index >= 15 is 0 Å². The van der Waals surface area contributed by atoms with Crippen LogP contribution in [0.3, 0.4) is 0 Å². The molecule has 1 aliphatic carbocycles. The maximum atomic E-state index is 13.3. The van der Waals surface area contributed by atoms with Crippen LogP contribution in [-0.4, -0.2) is 37.6 Å². The lowest BCUT2D eigenvalue weighted by Crippen LogP contribution is -2.32. The molecule has 1 saturated carbocycles. The summed E-state index contributed by atoms with van der Waals surface area (Å²) < 4.78 is 0. The zero-order chi connectivity index (χ0) is 21.9. The van der Waals surface area contributed by atoms with Gasteiger partial charge in [0.2, 0.25) is 11.1 Å². The number of carbonyl (C=O) groups excluding carboxylic acids is 1. The number of hydrogen-bond donors (Lipinski definition) is 2. The number of carbonyl (C=O) groups is 1. The summed E-state index contributed by atoms with van der Waals surface area (Å²) in [5.41, 5.74) is 10.1. The molecule has 162 valence electrons. The molecule has 2 aromatic carbocycles. The number of nitrogen functional groups attached to an aromatic ring is 1. The summed E-state index contributed by atoms with van der Waals surface area (Å²) in [6.07, 6.45) is 5.28. The van der Waals surface area contributed by atoms with Gasteiger partial charge >= 0.3 is 0 Å². The third-order valence-electron chi connectivity index (χ3n) is 5.85. The van der Waals surface area contributed by atoms with E-state index in [0.29, 0.717) is 5.16 Å². The molecule has 0 saturated heterocycles. The molecule has 1 aliphatic heterocycles. The highest BCUT2D eigenvalue weighted by Gasteiger charge is 2.43. The molecule has 2 aliphatic rings. The number of hydrogen-bond acceptors (Lipinski definition) is 6. The van der Waals surface area contributed by atoms with Crippen LogP contribution in [0.1, 0.15) is 36.4 Å². The van der Waals surface area contributed by atoms with Crippen LogP contribution >= 0.6 is 11.8 Å². The molecular formula is C24H24N6OS. The number of rotatable bonds is 5. The molecule has 5 rings (SSSR count). The Kier molecular flexibility index (Phi) is 5.77. The Morgan fingerprint density at radius 2 is 1.91 bits per heavy atom. The number of nitrogens with two attached hydrogens (primary N) is 1. The minimum absolute atomic E-state index is 0.0619. The van der Waals surface area contributed by atoms with Crippen LogP contribution < -0.4 is 5.73 Å². The molecule has 8 heteroatoms. The zero-order valence-corrected chi connectivity index (χ0v) is 18.3. The predicted molar refractivity (Wildman–Crippen MR) is 127 cm³/mol. The number of aromatic amines is 1. The standard InChI is InChI=1S/C24H24N6OS/c25-23-26-24(28-27-23)32-15-20(31)30-22(17-10-5-2-6-11-17)19-13-7-12-18(21(19)29-30)14-16-8-3-1-4-9-16/h1-6,8-11,14,19,22H,7,12-13,15H2,(H3,25,26,27,28). The molecule has 2 heterocycles. The van der Waals surface area contributed by atoms with Crippen molar-refractivity contribution in [3.8, 4) is 0 Å². The van der Waals surface area contributed by atoms with E-state index in [9.17, 15) is 4.79 Å². The number of H-pyrrole nitrogens is 1. The van der Waals surface area contributed by atoms with E-state index in [1.54, 1.807) is 5.01 Å². The Morgan fingerprint density at radius 3 is 2.62 bits per heavy atom. The third-order valence-corrected chi connectivity index (χ3v) is 6.68. The molecule has 7 nitrogen and oxygen atoms in total. The van der Waals surface area contributed by atoms with E-state index in [1.807, 2.05) is 36.4 Å². The van der Waals surface area contributed by atoms with Crippen LogP contribution in [0.5, 0.6) is 0 Å². The molecule has 32 heavy (non-hydrogen) atoms. The second-order valence-electron chi connectivity index (χ2n) is 7.95. The van der Waals surface area contributed by atoms with Crippen LogP contribution in [-0.2, 0) is 4.79 Å². The highest BCUT2D eigenvalue weighted by atomic mass is 32.2. The Bertz CT molecular complexity index is 1160. The minimum atomic E-state index is -0.101. The largest absolute Gasteiger partial charge is 0.368 e. The summed E-state index contributed by atoms with van der Waals surface area (Å²) in [5.74, 6) is 0.564. The van der Waals surface area contributed by atoms with Gasteiger partial charge in [-0.1, -0.05) is 72.4 Å². The highest BCUT2D eigenvalue weighted by molar-refractivity contribution is 7.99. The van der Waals surface area contributed by atoms with E-state index in [0.717, 1.165) is 36.1 Å². The van der Waals surface area contributed by atoms with Crippen molar-refractivity contribution in [3.63, 3.8) is 0 Å². The average Bonchev–Trinajstić information content (AvgIpc) is 3.43. The lowest BCUT2D eigenvalue weighted by Gasteiger charge is -2.29. The van der Waals surface area contributed by atoms with Gasteiger partial charge in [0.1, 0.15) is 0 Å². The number of allylic oxidation sites excluding steroid dienone is 1. The summed E-state index contributed by atoms with van der Waals surface area (Å²) in [4.78, 5) is 17.4. The number of aromatic nitrogens is 3. The Labute approximate surface area is 190 Å². The number of hydrazone groups is 1. The van der Waals surface area contributed by atoms with Gasteiger partial charge in [0.25, 0.3) is 5.91 Å². The molecule has 3 aromatic rings. The van der Waals surface area contributed by atoms with Crippen molar-refractivity contribution >= 4 is 35.4 Å². The minimum Gasteiger partial charge on any atom is -0.368 e. The van der Waals surface area contributed by atoms with Crippen molar-refractivity contribution in [2.45, 2.75) is 30.5 Å². The Balaban J connectivity index is 1.46. The van der Waals surface area contributed by atoms with Crippen LogP contribution in [0, 0.1) is 5.92 Å². The third kappa shape index (κ3) is 4.18. The van der Waals surface area contributed by atoms with Crippen molar-refractivity contribution in [3.05, 3.63) is 77.4 Å². The number of amides is 1. The fourth-order valence-corrected chi connectivity index (χ4v) is 5.11. The van der Waals surface area contributed by atoms with Gasteiger partial charge in [-0.25, -0.2) is 10.1 Å². The number of benzene rings is 2. The van der Waals surface area contributed by atoms with Crippen LogP contribution in [0.4, 0.5) is 5.95 Å². The summed E-state index contributed by atoms with van der Waals surface area (Å²) in [6.45, 7) is 0. The predicted octanol–water partition coefficient (Wildman–Crippen LogP) is 4.30.